The Hall–Kier alpha value is -1.73. The normalized spacial score (nSPS) is 17.7. The summed E-state index contributed by atoms with van der Waals surface area (Å²) in [6, 6.07) is 7.51. The van der Waals surface area contributed by atoms with Crippen molar-refractivity contribution in [3.8, 4) is 11.4 Å². The molecule has 0 atom stereocenters. The van der Waals surface area contributed by atoms with Crippen LogP contribution in [0.2, 0.25) is 0 Å². The molecule has 3 rings (SSSR count). The number of nitrogens with zero attached hydrogens (tertiary/aromatic N) is 2. The average Bonchev–Trinajstić information content (AvgIpc) is 3.16. The highest BCUT2D eigenvalue weighted by Gasteiger charge is 2.49. The first-order valence-electron chi connectivity index (χ1n) is 7.29. The summed E-state index contributed by atoms with van der Waals surface area (Å²) >= 11 is 0. The van der Waals surface area contributed by atoms with Crippen molar-refractivity contribution < 1.29 is 12.9 Å². The maximum Gasteiger partial charge on any atom is 0.248 e. The van der Waals surface area contributed by atoms with Crippen molar-refractivity contribution in [3.63, 3.8) is 0 Å². The Bertz CT molecular complexity index is 760. The first kappa shape index (κ1) is 15.2. The Morgan fingerprint density at radius 1 is 1.23 bits per heavy atom. The van der Waals surface area contributed by atoms with E-state index in [-0.39, 0.29) is 5.89 Å². The Balaban J connectivity index is 1.99. The fourth-order valence-electron chi connectivity index (χ4n) is 3.01. The smallest absolute Gasteiger partial charge is 0.248 e. The van der Waals surface area contributed by atoms with E-state index in [1.807, 2.05) is 24.3 Å². The Morgan fingerprint density at radius 2 is 1.86 bits per heavy atom. The first-order chi connectivity index (χ1) is 10.5. The molecule has 0 bridgehead atoms. The number of benzene rings is 1. The zero-order valence-electron chi connectivity index (χ0n) is 12.4. The highest BCUT2D eigenvalue weighted by atomic mass is 32.2. The van der Waals surface area contributed by atoms with Gasteiger partial charge in [-0.25, -0.2) is 8.42 Å². The molecule has 0 amide bonds. The van der Waals surface area contributed by atoms with Crippen LogP contribution in [0.3, 0.4) is 0 Å². The highest BCUT2D eigenvalue weighted by molar-refractivity contribution is 7.91. The lowest BCUT2D eigenvalue weighted by Crippen LogP contribution is -2.32. The minimum atomic E-state index is -3.31. The van der Waals surface area contributed by atoms with Gasteiger partial charge >= 0.3 is 0 Å². The molecule has 0 saturated heterocycles. The zero-order valence-corrected chi connectivity index (χ0v) is 13.3. The van der Waals surface area contributed by atoms with Crippen molar-refractivity contribution in [2.24, 2.45) is 5.73 Å². The van der Waals surface area contributed by atoms with E-state index in [0.717, 1.165) is 24.0 Å². The molecular formula is C15H19N3O3S. The summed E-state index contributed by atoms with van der Waals surface area (Å²) in [5.74, 6) is 0.624. The molecular weight excluding hydrogens is 302 g/mol. The van der Waals surface area contributed by atoms with Gasteiger partial charge in [-0.15, -0.1) is 0 Å². The van der Waals surface area contributed by atoms with E-state index in [4.69, 9.17) is 10.3 Å². The average molecular weight is 321 g/mol. The number of rotatable bonds is 4. The maximum absolute atomic E-state index is 12.2. The summed E-state index contributed by atoms with van der Waals surface area (Å²) < 4.78 is 28.8. The molecule has 0 radical (unpaired) electrons. The molecule has 0 unspecified atom stereocenters. The Morgan fingerprint density at radius 3 is 2.41 bits per heavy atom. The lowest BCUT2D eigenvalue weighted by molar-refractivity contribution is 0.331. The molecule has 1 saturated carbocycles. The summed E-state index contributed by atoms with van der Waals surface area (Å²) in [4.78, 5) is 4.37. The molecule has 0 spiro atoms. The van der Waals surface area contributed by atoms with Crippen LogP contribution in [0.4, 0.5) is 0 Å². The highest BCUT2D eigenvalue weighted by Crippen LogP contribution is 2.44. The van der Waals surface area contributed by atoms with Gasteiger partial charge in [0.1, 0.15) is 0 Å². The van der Waals surface area contributed by atoms with Crippen LogP contribution < -0.4 is 5.73 Å². The SMILES string of the molecule is CS(=O)(=O)C1(c2nc(-c3ccc(CN)cc3)no2)CCCC1. The van der Waals surface area contributed by atoms with E-state index in [9.17, 15) is 8.42 Å². The fraction of sp³-hybridized carbons (Fsp3) is 0.467. The third-order valence-corrected chi connectivity index (χ3v) is 6.39. The minimum absolute atomic E-state index is 0.213. The quantitative estimate of drug-likeness (QED) is 0.924. The number of aromatic nitrogens is 2. The number of hydrogen-bond acceptors (Lipinski definition) is 6. The monoisotopic (exact) mass is 321 g/mol. The van der Waals surface area contributed by atoms with Crippen LogP contribution in [0.15, 0.2) is 28.8 Å². The van der Waals surface area contributed by atoms with Gasteiger partial charge in [0.2, 0.25) is 11.7 Å². The number of hydrogen-bond donors (Lipinski definition) is 1. The summed E-state index contributed by atoms with van der Waals surface area (Å²) in [6.45, 7) is 0.467. The van der Waals surface area contributed by atoms with E-state index in [2.05, 4.69) is 10.1 Å². The molecule has 22 heavy (non-hydrogen) atoms. The number of nitrogens with two attached hydrogens (primary N) is 1. The van der Waals surface area contributed by atoms with E-state index >= 15 is 0 Å². The van der Waals surface area contributed by atoms with Crippen LogP contribution in [-0.2, 0) is 21.1 Å². The lowest BCUT2D eigenvalue weighted by atomic mass is 10.1. The summed E-state index contributed by atoms with van der Waals surface area (Å²) in [5, 5.41) is 3.96. The van der Waals surface area contributed by atoms with Gasteiger partial charge in [0.15, 0.2) is 14.6 Å². The van der Waals surface area contributed by atoms with Crippen molar-refractivity contribution in [3.05, 3.63) is 35.7 Å². The van der Waals surface area contributed by atoms with Gasteiger partial charge in [-0.05, 0) is 18.4 Å². The molecule has 1 aromatic heterocycles. The molecule has 118 valence electrons. The second-order valence-electron chi connectivity index (χ2n) is 5.80. The van der Waals surface area contributed by atoms with Crippen molar-refractivity contribution in [1.82, 2.24) is 10.1 Å². The molecule has 1 fully saturated rings. The topological polar surface area (TPSA) is 99.1 Å². The lowest BCUT2D eigenvalue weighted by Gasteiger charge is -2.21. The van der Waals surface area contributed by atoms with Crippen LogP contribution in [0.5, 0.6) is 0 Å². The van der Waals surface area contributed by atoms with Crippen LogP contribution in [0.1, 0.15) is 37.1 Å². The van der Waals surface area contributed by atoms with Gasteiger partial charge in [-0.1, -0.05) is 42.3 Å². The second-order valence-corrected chi connectivity index (χ2v) is 8.12. The molecule has 2 N–H and O–H groups in total. The third kappa shape index (κ3) is 2.44. The first-order valence-corrected chi connectivity index (χ1v) is 9.18. The van der Waals surface area contributed by atoms with E-state index in [1.54, 1.807) is 0 Å². The second kappa shape index (κ2) is 5.48. The van der Waals surface area contributed by atoms with E-state index < -0.39 is 14.6 Å². The predicted octanol–water partition coefficient (Wildman–Crippen LogP) is 2.01. The molecule has 6 nitrogen and oxygen atoms in total. The van der Waals surface area contributed by atoms with Crippen molar-refractivity contribution >= 4 is 9.84 Å². The summed E-state index contributed by atoms with van der Waals surface area (Å²) in [6.07, 6.45) is 4.04. The van der Waals surface area contributed by atoms with Crippen LogP contribution in [0.25, 0.3) is 11.4 Å². The van der Waals surface area contributed by atoms with Gasteiger partial charge in [0.05, 0.1) is 0 Å². The number of sulfone groups is 1. The van der Waals surface area contributed by atoms with Gasteiger partial charge in [0.25, 0.3) is 0 Å². The molecule has 0 aliphatic heterocycles. The molecule has 1 aromatic carbocycles. The maximum atomic E-state index is 12.2. The standard InChI is InChI=1S/C15H19N3O3S/c1-22(19,20)15(8-2-3-9-15)14-17-13(18-21-14)12-6-4-11(10-16)5-7-12/h4-7H,2-3,8-10,16H2,1H3. The van der Waals surface area contributed by atoms with E-state index in [1.165, 1.54) is 6.26 Å². The molecule has 1 aliphatic carbocycles. The largest absolute Gasteiger partial charge is 0.337 e. The van der Waals surface area contributed by atoms with E-state index in [0.29, 0.717) is 25.2 Å². The minimum Gasteiger partial charge on any atom is -0.337 e. The van der Waals surface area contributed by atoms with Crippen LogP contribution in [0, 0.1) is 0 Å². The van der Waals surface area contributed by atoms with Crippen molar-refractivity contribution in [2.45, 2.75) is 37.0 Å². The van der Waals surface area contributed by atoms with Crippen molar-refractivity contribution in [1.29, 1.82) is 0 Å². The zero-order chi connectivity index (χ0) is 15.8. The third-order valence-electron chi connectivity index (χ3n) is 4.38. The molecule has 7 heteroatoms. The fourth-order valence-corrected chi connectivity index (χ4v) is 4.44. The van der Waals surface area contributed by atoms with Gasteiger partial charge in [0, 0.05) is 18.4 Å². The summed E-state index contributed by atoms with van der Waals surface area (Å²) in [7, 11) is -3.31. The predicted molar refractivity (Wildman–Crippen MR) is 82.6 cm³/mol. The Labute approximate surface area is 129 Å². The molecule has 1 heterocycles. The van der Waals surface area contributed by atoms with Crippen molar-refractivity contribution in [2.75, 3.05) is 6.26 Å². The van der Waals surface area contributed by atoms with Gasteiger partial charge in [-0.2, -0.15) is 4.98 Å². The van der Waals surface area contributed by atoms with Gasteiger partial charge in [-0.3, -0.25) is 0 Å². The van der Waals surface area contributed by atoms with Crippen LogP contribution >= 0.6 is 0 Å². The molecule has 2 aromatic rings. The summed E-state index contributed by atoms with van der Waals surface area (Å²) in [5.41, 5.74) is 7.37. The Kier molecular flexibility index (Phi) is 3.78. The molecule has 1 aliphatic rings. The van der Waals surface area contributed by atoms with Crippen LogP contribution in [-0.4, -0.2) is 24.8 Å². The van der Waals surface area contributed by atoms with Gasteiger partial charge < -0.3 is 10.3 Å².